The van der Waals surface area contributed by atoms with E-state index >= 15 is 0 Å². The minimum absolute atomic E-state index is 0.0110. The number of likely N-dealkylation sites (N-methyl/N-ethyl adjacent to an activating group) is 1. The first kappa shape index (κ1) is 23.8. The molecule has 1 atom stereocenters. The zero-order chi connectivity index (χ0) is 24.8. The zero-order valence-electron chi connectivity index (χ0n) is 17.8. The fourth-order valence-corrected chi connectivity index (χ4v) is 3.13. The SMILES string of the molecule is CN(C(=O)OCc1ccccc1)C(Cc1cn(-c2ccc([N+](=O)[O-])cc2[N+](=O)[O-])cn1)C(=O)O. The second-order valence-corrected chi connectivity index (χ2v) is 7.17. The number of benzene rings is 2. The number of nitro groups is 2. The summed E-state index contributed by atoms with van der Waals surface area (Å²) < 4.78 is 6.43. The highest BCUT2D eigenvalue weighted by atomic mass is 16.6. The summed E-state index contributed by atoms with van der Waals surface area (Å²) in [5.74, 6) is -1.30. The fraction of sp³-hybridized carbons (Fsp3) is 0.190. The van der Waals surface area contributed by atoms with Crippen LogP contribution in [0.1, 0.15) is 11.3 Å². The standard InChI is InChI=1S/C21H19N5O8/c1-23(21(29)34-12-14-5-3-2-4-6-14)19(20(27)28)9-15-11-24(13-22-15)17-8-7-16(25(30)31)10-18(17)26(32)33/h2-8,10-11,13,19H,9,12H2,1H3,(H,27,28). The zero-order valence-corrected chi connectivity index (χ0v) is 17.8. The van der Waals surface area contributed by atoms with Gasteiger partial charge in [0, 0.05) is 25.7 Å². The number of hydrogen-bond donors (Lipinski definition) is 1. The molecule has 176 valence electrons. The summed E-state index contributed by atoms with van der Waals surface area (Å²) in [6.45, 7) is -0.0329. The van der Waals surface area contributed by atoms with Gasteiger partial charge in [0.05, 0.1) is 27.9 Å². The molecule has 1 unspecified atom stereocenters. The first-order valence-electron chi connectivity index (χ1n) is 9.79. The van der Waals surface area contributed by atoms with Gasteiger partial charge in [-0.2, -0.15) is 0 Å². The normalized spacial score (nSPS) is 11.4. The Labute approximate surface area is 192 Å². The van der Waals surface area contributed by atoms with E-state index < -0.39 is 39.3 Å². The molecule has 1 heterocycles. The molecule has 13 nitrogen and oxygen atoms in total. The number of carboxylic acid groups (broad SMARTS) is 1. The van der Waals surface area contributed by atoms with Gasteiger partial charge in [-0.15, -0.1) is 0 Å². The van der Waals surface area contributed by atoms with Gasteiger partial charge in [-0.25, -0.2) is 14.6 Å². The van der Waals surface area contributed by atoms with E-state index in [0.29, 0.717) is 0 Å². The summed E-state index contributed by atoms with van der Waals surface area (Å²) in [5, 5.41) is 31.9. The van der Waals surface area contributed by atoms with Crippen molar-refractivity contribution in [2.75, 3.05) is 7.05 Å². The number of non-ortho nitro benzene ring substituents is 1. The molecule has 0 saturated heterocycles. The lowest BCUT2D eigenvalue weighted by molar-refractivity contribution is -0.394. The maximum Gasteiger partial charge on any atom is 0.410 e. The van der Waals surface area contributed by atoms with Crippen LogP contribution < -0.4 is 0 Å². The first-order chi connectivity index (χ1) is 16.2. The highest BCUT2D eigenvalue weighted by Crippen LogP contribution is 2.28. The van der Waals surface area contributed by atoms with E-state index in [1.165, 1.54) is 30.2 Å². The van der Waals surface area contributed by atoms with Crippen molar-refractivity contribution >= 4 is 23.4 Å². The first-order valence-corrected chi connectivity index (χ1v) is 9.79. The number of imidazole rings is 1. The molecule has 3 rings (SSSR count). The van der Waals surface area contributed by atoms with E-state index in [0.717, 1.165) is 22.6 Å². The van der Waals surface area contributed by atoms with Crippen LogP contribution in [0.5, 0.6) is 0 Å². The number of ether oxygens (including phenoxy) is 1. The lowest BCUT2D eigenvalue weighted by Crippen LogP contribution is -2.44. The van der Waals surface area contributed by atoms with Crippen LogP contribution in [0.4, 0.5) is 16.2 Å². The van der Waals surface area contributed by atoms with Gasteiger partial charge in [-0.3, -0.25) is 29.7 Å². The Morgan fingerprint density at radius 1 is 1.15 bits per heavy atom. The van der Waals surface area contributed by atoms with Crippen LogP contribution in [0.25, 0.3) is 5.69 Å². The van der Waals surface area contributed by atoms with Crippen molar-refractivity contribution in [2.24, 2.45) is 0 Å². The van der Waals surface area contributed by atoms with E-state index in [1.807, 2.05) is 6.07 Å². The minimum atomic E-state index is -1.32. The molecule has 3 aromatic rings. The van der Waals surface area contributed by atoms with Crippen molar-refractivity contribution < 1.29 is 29.3 Å². The summed E-state index contributed by atoms with van der Waals surface area (Å²) in [6, 6.07) is 10.7. The molecule has 1 aromatic heterocycles. The third-order valence-electron chi connectivity index (χ3n) is 4.93. The van der Waals surface area contributed by atoms with Gasteiger partial charge in [0.25, 0.3) is 11.4 Å². The maximum absolute atomic E-state index is 12.4. The van der Waals surface area contributed by atoms with Crippen molar-refractivity contribution in [3.8, 4) is 5.69 Å². The highest BCUT2D eigenvalue weighted by Gasteiger charge is 2.29. The molecular formula is C21H19N5O8. The number of nitro benzene ring substituents is 2. The van der Waals surface area contributed by atoms with Crippen LogP contribution in [0.3, 0.4) is 0 Å². The van der Waals surface area contributed by atoms with Crippen LogP contribution in [-0.4, -0.2) is 54.6 Å². The Morgan fingerprint density at radius 2 is 1.85 bits per heavy atom. The lowest BCUT2D eigenvalue weighted by atomic mass is 10.1. The number of hydrogen-bond acceptors (Lipinski definition) is 8. The molecule has 2 aromatic carbocycles. The number of rotatable bonds is 9. The number of aromatic nitrogens is 2. The van der Waals surface area contributed by atoms with E-state index in [-0.39, 0.29) is 24.4 Å². The highest BCUT2D eigenvalue weighted by molar-refractivity contribution is 5.80. The van der Waals surface area contributed by atoms with E-state index in [1.54, 1.807) is 24.3 Å². The number of aliphatic carboxylic acids is 1. The number of carbonyl (C=O) groups excluding carboxylic acids is 1. The van der Waals surface area contributed by atoms with Gasteiger partial charge in [0.2, 0.25) is 0 Å². The third kappa shape index (κ3) is 5.51. The van der Waals surface area contributed by atoms with Gasteiger partial charge in [-0.05, 0) is 11.6 Å². The second kappa shape index (κ2) is 10.2. The van der Waals surface area contributed by atoms with Crippen molar-refractivity contribution in [1.82, 2.24) is 14.5 Å². The minimum Gasteiger partial charge on any atom is -0.480 e. The maximum atomic E-state index is 12.4. The van der Waals surface area contributed by atoms with Gasteiger partial charge in [-0.1, -0.05) is 30.3 Å². The van der Waals surface area contributed by atoms with E-state index in [4.69, 9.17) is 4.74 Å². The predicted octanol–water partition coefficient (Wildman–Crippen LogP) is 2.95. The average molecular weight is 469 g/mol. The van der Waals surface area contributed by atoms with Crippen molar-refractivity contribution in [2.45, 2.75) is 19.1 Å². The van der Waals surface area contributed by atoms with Crippen molar-refractivity contribution in [1.29, 1.82) is 0 Å². The third-order valence-corrected chi connectivity index (χ3v) is 4.93. The lowest BCUT2D eigenvalue weighted by Gasteiger charge is -2.23. The Morgan fingerprint density at radius 3 is 2.47 bits per heavy atom. The molecular weight excluding hydrogens is 450 g/mol. The molecule has 0 spiro atoms. The van der Waals surface area contributed by atoms with Gasteiger partial charge in [0.1, 0.15) is 18.3 Å². The summed E-state index contributed by atoms with van der Waals surface area (Å²) in [4.78, 5) is 50.0. The molecule has 13 heteroatoms. The molecule has 0 radical (unpaired) electrons. The Kier molecular flexibility index (Phi) is 7.16. The van der Waals surface area contributed by atoms with E-state index in [2.05, 4.69) is 4.98 Å². The monoisotopic (exact) mass is 469 g/mol. The summed E-state index contributed by atoms with van der Waals surface area (Å²) in [7, 11) is 1.28. The Balaban J connectivity index is 1.76. The molecule has 0 aliphatic rings. The largest absolute Gasteiger partial charge is 0.480 e. The van der Waals surface area contributed by atoms with Crippen molar-refractivity contribution in [3.63, 3.8) is 0 Å². The predicted molar refractivity (Wildman–Crippen MR) is 116 cm³/mol. The Bertz CT molecular complexity index is 1230. The molecule has 0 saturated carbocycles. The average Bonchev–Trinajstić information content (AvgIpc) is 3.29. The number of carbonyl (C=O) groups is 2. The smallest absolute Gasteiger partial charge is 0.410 e. The van der Waals surface area contributed by atoms with Gasteiger partial charge in [0.15, 0.2) is 0 Å². The van der Waals surface area contributed by atoms with Gasteiger partial charge < -0.3 is 9.84 Å². The molecule has 0 aliphatic carbocycles. The van der Waals surface area contributed by atoms with Crippen LogP contribution in [0.2, 0.25) is 0 Å². The molecule has 0 fully saturated rings. The molecule has 0 bridgehead atoms. The quantitative estimate of drug-likeness (QED) is 0.365. The summed E-state index contributed by atoms with van der Waals surface area (Å²) in [6.07, 6.45) is 1.52. The molecule has 0 aliphatic heterocycles. The number of nitrogens with zero attached hydrogens (tertiary/aromatic N) is 5. The fourth-order valence-electron chi connectivity index (χ4n) is 3.13. The summed E-state index contributed by atoms with van der Waals surface area (Å²) >= 11 is 0. The Hall–Kier alpha value is -4.81. The number of amides is 1. The molecule has 1 amide bonds. The van der Waals surface area contributed by atoms with Crippen LogP contribution in [0.15, 0.2) is 61.1 Å². The molecule has 1 N–H and O–H groups in total. The van der Waals surface area contributed by atoms with Gasteiger partial charge >= 0.3 is 12.1 Å². The number of carboxylic acids is 1. The van der Waals surface area contributed by atoms with Crippen LogP contribution in [0, 0.1) is 20.2 Å². The molecule has 34 heavy (non-hydrogen) atoms. The van der Waals surface area contributed by atoms with Crippen LogP contribution >= 0.6 is 0 Å². The van der Waals surface area contributed by atoms with E-state index in [9.17, 15) is 34.9 Å². The summed E-state index contributed by atoms with van der Waals surface area (Å²) in [5.41, 5.74) is 0.00563. The topological polar surface area (TPSA) is 171 Å². The van der Waals surface area contributed by atoms with Crippen molar-refractivity contribution in [3.05, 3.63) is 92.5 Å². The van der Waals surface area contributed by atoms with Crippen LogP contribution in [-0.2, 0) is 22.6 Å². The second-order valence-electron chi connectivity index (χ2n) is 7.17.